The summed E-state index contributed by atoms with van der Waals surface area (Å²) in [4.78, 5) is 12.4. The molecular weight excluding hydrogens is 316 g/mol. The van der Waals surface area contributed by atoms with Crippen molar-refractivity contribution >= 4 is 6.03 Å². The molecule has 1 saturated carbocycles. The molecule has 5 nitrogen and oxygen atoms in total. The average Bonchev–Trinajstić information content (AvgIpc) is 3.16. The molecule has 2 amide bonds. The third-order valence-electron chi connectivity index (χ3n) is 5.92. The van der Waals surface area contributed by atoms with Gasteiger partial charge in [-0.3, -0.25) is 0 Å². The van der Waals surface area contributed by atoms with Gasteiger partial charge in [-0.25, -0.2) is 4.79 Å². The molecule has 136 valence electrons. The first-order chi connectivity index (χ1) is 12.1. The molecule has 2 bridgehead atoms. The van der Waals surface area contributed by atoms with Crippen LogP contribution in [0.3, 0.4) is 0 Å². The quantitative estimate of drug-likeness (QED) is 0.881. The summed E-state index contributed by atoms with van der Waals surface area (Å²) in [5, 5.41) is 6.19. The lowest BCUT2D eigenvalue weighted by atomic mass is 9.77. The zero-order valence-electron chi connectivity index (χ0n) is 14.9. The minimum Gasteiger partial charge on any atom is -0.373 e. The summed E-state index contributed by atoms with van der Waals surface area (Å²) < 4.78 is 12.0. The Morgan fingerprint density at radius 1 is 1.24 bits per heavy atom. The lowest BCUT2D eigenvalue weighted by Crippen LogP contribution is -2.55. The van der Waals surface area contributed by atoms with Gasteiger partial charge in [0.2, 0.25) is 0 Å². The zero-order valence-corrected chi connectivity index (χ0v) is 14.9. The Kier molecular flexibility index (Phi) is 4.46. The average molecular weight is 344 g/mol. The van der Waals surface area contributed by atoms with Crippen LogP contribution in [0.5, 0.6) is 0 Å². The van der Waals surface area contributed by atoms with E-state index in [0.29, 0.717) is 13.2 Å². The predicted octanol–water partition coefficient (Wildman–Crippen LogP) is 3.31. The Morgan fingerprint density at radius 3 is 2.92 bits per heavy atom. The third kappa shape index (κ3) is 3.67. The van der Waals surface area contributed by atoms with Crippen LogP contribution in [0.4, 0.5) is 4.79 Å². The van der Waals surface area contributed by atoms with Gasteiger partial charge in [-0.1, -0.05) is 30.3 Å². The fourth-order valence-electron chi connectivity index (χ4n) is 4.66. The molecular formula is C20H28N2O3. The smallest absolute Gasteiger partial charge is 0.315 e. The predicted molar refractivity (Wildman–Crippen MR) is 95.4 cm³/mol. The number of fused-ring (bicyclic) bond motifs is 2. The second-order valence-corrected chi connectivity index (χ2v) is 8.12. The van der Waals surface area contributed by atoms with Crippen LogP contribution in [-0.4, -0.2) is 36.4 Å². The highest BCUT2D eigenvalue weighted by molar-refractivity contribution is 5.75. The molecule has 3 aliphatic rings. The van der Waals surface area contributed by atoms with Crippen molar-refractivity contribution in [1.82, 2.24) is 10.6 Å². The lowest BCUT2D eigenvalue weighted by molar-refractivity contribution is 0.0148. The Hall–Kier alpha value is -1.59. The molecule has 0 aromatic heterocycles. The fraction of sp³-hybridized carbons (Fsp3) is 0.650. The fourth-order valence-corrected chi connectivity index (χ4v) is 4.66. The minimum atomic E-state index is -0.180. The first-order valence-corrected chi connectivity index (χ1v) is 9.46. The summed E-state index contributed by atoms with van der Waals surface area (Å²) in [6.07, 6.45) is 6.35. The standard InChI is InChI=1S/C20H28N2O3/c1-19-10-5-11-20(13-19,14-24-19)22-18(23)21-12-16-8-9-17(25-16)15-6-3-2-4-7-15/h2-4,6-7,16-17H,5,8-14H2,1H3,(H2,21,22,23). The zero-order chi connectivity index (χ0) is 17.3. The number of hydrogen-bond donors (Lipinski definition) is 2. The third-order valence-corrected chi connectivity index (χ3v) is 5.92. The first kappa shape index (κ1) is 16.9. The highest BCUT2D eigenvalue weighted by Gasteiger charge is 2.50. The molecule has 1 aliphatic carbocycles. The number of nitrogens with one attached hydrogen (secondary N) is 2. The van der Waals surface area contributed by atoms with Crippen LogP contribution in [0.15, 0.2) is 30.3 Å². The monoisotopic (exact) mass is 344 g/mol. The van der Waals surface area contributed by atoms with E-state index in [1.165, 1.54) is 5.56 Å². The van der Waals surface area contributed by atoms with Crippen LogP contribution in [0.1, 0.15) is 57.1 Å². The molecule has 3 fully saturated rings. The number of carbonyl (C=O) groups is 1. The van der Waals surface area contributed by atoms with E-state index in [4.69, 9.17) is 9.47 Å². The summed E-state index contributed by atoms with van der Waals surface area (Å²) in [6, 6.07) is 10.2. The molecule has 4 atom stereocenters. The SMILES string of the molecule is CC12CCCC(NC(=O)NCC3CCC(c4ccccc4)O3)(CO1)C2. The normalized spacial score (nSPS) is 37.0. The van der Waals surface area contributed by atoms with Gasteiger partial charge in [0.15, 0.2) is 0 Å². The van der Waals surface area contributed by atoms with Gasteiger partial charge in [0.05, 0.1) is 30.0 Å². The van der Waals surface area contributed by atoms with Crippen LogP contribution in [-0.2, 0) is 9.47 Å². The van der Waals surface area contributed by atoms with E-state index in [2.05, 4.69) is 29.7 Å². The number of ether oxygens (including phenoxy) is 2. The van der Waals surface area contributed by atoms with Gasteiger partial charge in [-0.05, 0) is 44.6 Å². The maximum absolute atomic E-state index is 12.4. The highest BCUT2D eigenvalue weighted by Crippen LogP contribution is 2.44. The molecule has 2 N–H and O–H groups in total. The van der Waals surface area contributed by atoms with Crippen molar-refractivity contribution in [3.05, 3.63) is 35.9 Å². The number of carbonyl (C=O) groups excluding carboxylic acids is 1. The minimum absolute atomic E-state index is 0.0526. The van der Waals surface area contributed by atoms with Crippen LogP contribution in [0.2, 0.25) is 0 Å². The van der Waals surface area contributed by atoms with Crippen LogP contribution >= 0.6 is 0 Å². The molecule has 1 aromatic carbocycles. The van der Waals surface area contributed by atoms with Crippen molar-refractivity contribution in [2.45, 2.75) is 68.8 Å². The van der Waals surface area contributed by atoms with Gasteiger partial charge in [-0.15, -0.1) is 0 Å². The van der Waals surface area contributed by atoms with Crippen molar-refractivity contribution in [2.24, 2.45) is 0 Å². The van der Waals surface area contributed by atoms with Gasteiger partial charge in [0.25, 0.3) is 0 Å². The van der Waals surface area contributed by atoms with Crippen molar-refractivity contribution < 1.29 is 14.3 Å². The number of urea groups is 1. The topological polar surface area (TPSA) is 59.6 Å². The van der Waals surface area contributed by atoms with Gasteiger partial charge >= 0.3 is 6.03 Å². The number of rotatable bonds is 4. The number of benzene rings is 1. The Labute approximate surface area is 149 Å². The summed E-state index contributed by atoms with van der Waals surface area (Å²) in [5.41, 5.74) is 0.987. The summed E-state index contributed by atoms with van der Waals surface area (Å²) in [6.45, 7) is 3.35. The van der Waals surface area contributed by atoms with Gasteiger partial charge in [-0.2, -0.15) is 0 Å². The molecule has 4 rings (SSSR count). The maximum Gasteiger partial charge on any atom is 0.315 e. The summed E-state index contributed by atoms with van der Waals surface area (Å²) in [7, 11) is 0. The Balaban J connectivity index is 1.25. The molecule has 25 heavy (non-hydrogen) atoms. The second kappa shape index (κ2) is 6.61. The summed E-state index contributed by atoms with van der Waals surface area (Å²) in [5.74, 6) is 0. The summed E-state index contributed by atoms with van der Waals surface area (Å²) >= 11 is 0. The van der Waals surface area contributed by atoms with E-state index in [1.807, 2.05) is 18.2 Å². The van der Waals surface area contributed by atoms with Crippen LogP contribution in [0.25, 0.3) is 0 Å². The molecule has 4 unspecified atom stereocenters. The van der Waals surface area contributed by atoms with Crippen LogP contribution in [0, 0.1) is 0 Å². The number of amides is 2. The van der Waals surface area contributed by atoms with E-state index in [9.17, 15) is 4.79 Å². The van der Waals surface area contributed by atoms with E-state index in [-0.39, 0.29) is 29.4 Å². The van der Waals surface area contributed by atoms with Crippen molar-refractivity contribution in [2.75, 3.05) is 13.2 Å². The van der Waals surface area contributed by atoms with Crippen molar-refractivity contribution in [1.29, 1.82) is 0 Å². The van der Waals surface area contributed by atoms with Crippen LogP contribution < -0.4 is 10.6 Å². The molecule has 0 radical (unpaired) electrons. The van der Waals surface area contributed by atoms with E-state index < -0.39 is 0 Å². The molecule has 2 saturated heterocycles. The highest BCUT2D eigenvalue weighted by atomic mass is 16.5. The molecule has 2 aliphatic heterocycles. The number of hydrogen-bond acceptors (Lipinski definition) is 3. The first-order valence-electron chi connectivity index (χ1n) is 9.46. The Morgan fingerprint density at radius 2 is 2.08 bits per heavy atom. The van der Waals surface area contributed by atoms with Crippen molar-refractivity contribution in [3.63, 3.8) is 0 Å². The Bertz CT molecular complexity index is 623. The van der Waals surface area contributed by atoms with E-state index in [1.54, 1.807) is 0 Å². The second-order valence-electron chi connectivity index (χ2n) is 8.12. The van der Waals surface area contributed by atoms with E-state index in [0.717, 1.165) is 38.5 Å². The maximum atomic E-state index is 12.4. The van der Waals surface area contributed by atoms with E-state index >= 15 is 0 Å². The van der Waals surface area contributed by atoms with Gasteiger partial charge in [0.1, 0.15) is 0 Å². The molecule has 0 spiro atoms. The largest absolute Gasteiger partial charge is 0.373 e. The molecule has 2 heterocycles. The molecule has 1 aromatic rings. The van der Waals surface area contributed by atoms with Gasteiger partial charge < -0.3 is 20.1 Å². The lowest BCUT2D eigenvalue weighted by Gasteiger charge is -2.35. The van der Waals surface area contributed by atoms with Crippen molar-refractivity contribution in [3.8, 4) is 0 Å². The van der Waals surface area contributed by atoms with Gasteiger partial charge in [0, 0.05) is 13.0 Å². The molecule has 5 heteroatoms.